The van der Waals surface area contributed by atoms with Crippen LogP contribution in [0.1, 0.15) is 42.9 Å². The number of carbonyl (C=O) groups is 1. The summed E-state index contributed by atoms with van der Waals surface area (Å²) in [5.74, 6) is 0.289. The smallest absolute Gasteiger partial charge is 0.143 e. The highest BCUT2D eigenvalue weighted by Gasteiger charge is 2.34. The standard InChI is InChI=1S/C19H19FO/c1-19(2,15-7-9-16(20)10-8-15)18(21)12-14-11-13-5-3-4-6-17(13)14/h3-10,14H,11-12H2,1-2H3. The van der Waals surface area contributed by atoms with Crippen molar-refractivity contribution in [2.24, 2.45) is 0 Å². The second-order valence-electron chi connectivity index (χ2n) is 6.36. The molecule has 0 saturated carbocycles. The molecular weight excluding hydrogens is 263 g/mol. The topological polar surface area (TPSA) is 17.1 Å². The predicted octanol–water partition coefficient (Wildman–Crippen LogP) is 4.40. The number of hydrogen-bond acceptors (Lipinski definition) is 1. The highest BCUT2D eigenvalue weighted by Crippen LogP contribution is 2.39. The van der Waals surface area contributed by atoms with Crippen LogP contribution < -0.4 is 0 Å². The second kappa shape index (κ2) is 5.10. The molecule has 0 fully saturated rings. The Hall–Kier alpha value is -1.96. The van der Waals surface area contributed by atoms with Gasteiger partial charge in [-0.15, -0.1) is 0 Å². The monoisotopic (exact) mass is 282 g/mol. The maximum Gasteiger partial charge on any atom is 0.143 e. The van der Waals surface area contributed by atoms with Gasteiger partial charge in [0.05, 0.1) is 0 Å². The van der Waals surface area contributed by atoms with Crippen LogP contribution in [0.2, 0.25) is 0 Å². The molecule has 0 saturated heterocycles. The Kier molecular flexibility index (Phi) is 3.40. The number of fused-ring (bicyclic) bond motifs is 1. The molecule has 1 aliphatic carbocycles. The Morgan fingerprint density at radius 3 is 2.48 bits per heavy atom. The SMILES string of the molecule is CC(C)(C(=O)CC1Cc2ccccc21)c1ccc(F)cc1. The molecule has 1 aliphatic rings. The minimum atomic E-state index is -0.571. The lowest BCUT2D eigenvalue weighted by atomic mass is 9.70. The van der Waals surface area contributed by atoms with E-state index in [-0.39, 0.29) is 11.6 Å². The zero-order valence-electron chi connectivity index (χ0n) is 12.4. The number of halogens is 1. The molecule has 0 heterocycles. The van der Waals surface area contributed by atoms with Crippen molar-refractivity contribution in [1.82, 2.24) is 0 Å². The van der Waals surface area contributed by atoms with Gasteiger partial charge in [-0.2, -0.15) is 0 Å². The molecule has 1 unspecified atom stereocenters. The molecule has 108 valence electrons. The number of ketones is 1. The van der Waals surface area contributed by atoms with Gasteiger partial charge in [-0.05, 0) is 55.0 Å². The van der Waals surface area contributed by atoms with Crippen molar-refractivity contribution in [3.8, 4) is 0 Å². The molecule has 2 aromatic rings. The van der Waals surface area contributed by atoms with Gasteiger partial charge in [-0.3, -0.25) is 4.79 Å². The highest BCUT2D eigenvalue weighted by atomic mass is 19.1. The highest BCUT2D eigenvalue weighted by molar-refractivity contribution is 5.90. The quantitative estimate of drug-likeness (QED) is 0.812. The fourth-order valence-corrected chi connectivity index (χ4v) is 3.05. The van der Waals surface area contributed by atoms with E-state index < -0.39 is 5.41 Å². The van der Waals surface area contributed by atoms with Crippen molar-refractivity contribution in [3.05, 3.63) is 71.0 Å². The minimum Gasteiger partial charge on any atom is -0.299 e. The summed E-state index contributed by atoms with van der Waals surface area (Å²) in [6, 6.07) is 14.6. The van der Waals surface area contributed by atoms with Crippen LogP contribution in [-0.2, 0) is 16.6 Å². The number of carbonyl (C=O) groups excluding carboxylic acids is 1. The van der Waals surface area contributed by atoms with Crippen LogP contribution in [0.4, 0.5) is 4.39 Å². The Morgan fingerprint density at radius 1 is 1.14 bits per heavy atom. The first kappa shape index (κ1) is 14.0. The van der Waals surface area contributed by atoms with Crippen LogP contribution in [-0.4, -0.2) is 5.78 Å². The molecule has 0 aromatic heterocycles. The summed E-state index contributed by atoms with van der Waals surface area (Å²) in [5, 5.41) is 0. The molecular formula is C19H19FO. The van der Waals surface area contributed by atoms with Crippen LogP contribution in [0.5, 0.6) is 0 Å². The average Bonchev–Trinajstić information content (AvgIpc) is 2.45. The molecule has 1 nitrogen and oxygen atoms in total. The van der Waals surface area contributed by atoms with Crippen LogP contribution >= 0.6 is 0 Å². The third-order valence-corrected chi connectivity index (χ3v) is 4.66. The molecule has 21 heavy (non-hydrogen) atoms. The van der Waals surface area contributed by atoms with Gasteiger partial charge in [-0.25, -0.2) is 4.39 Å². The maximum absolute atomic E-state index is 13.0. The average molecular weight is 282 g/mol. The van der Waals surface area contributed by atoms with Gasteiger partial charge in [0.1, 0.15) is 11.6 Å². The molecule has 2 heteroatoms. The predicted molar refractivity (Wildman–Crippen MR) is 81.9 cm³/mol. The van der Waals surface area contributed by atoms with Gasteiger partial charge < -0.3 is 0 Å². The van der Waals surface area contributed by atoms with Crippen molar-refractivity contribution in [1.29, 1.82) is 0 Å². The maximum atomic E-state index is 13.0. The van der Waals surface area contributed by atoms with Crippen molar-refractivity contribution in [3.63, 3.8) is 0 Å². The summed E-state index contributed by atoms with van der Waals surface area (Å²) in [7, 11) is 0. The van der Waals surface area contributed by atoms with Crippen molar-refractivity contribution in [2.75, 3.05) is 0 Å². The van der Waals surface area contributed by atoms with Crippen LogP contribution in [0.3, 0.4) is 0 Å². The third kappa shape index (κ3) is 2.51. The summed E-state index contributed by atoms with van der Waals surface area (Å²) < 4.78 is 13.0. The number of rotatable bonds is 4. The van der Waals surface area contributed by atoms with E-state index in [0.29, 0.717) is 12.3 Å². The summed E-state index contributed by atoms with van der Waals surface area (Å²) in [6.07, 6.45) is 1.54. The lowest BCUT2D eigenvalue weighted by molar-refractivity contribution is -0.124. The Balaban J connectivity index is 1.75. The Morgan fingerprint density at radius 2 is 1.81 bits per heavy atom. The Labute approximate surface area is 124 Å². The van der Waals surface area contributed by atoms with Gasteiger partial charge in [-0.1, -0.05) is 36.4 Å². The van der Waals surface area contributed by atoms with Gasteiger partial charge >= 0.3 is 0 Å². The van der Waals surface area contributed by atoms with E-state index in [2.05, 4.69) is 12.1 Å². The molecule has 0 radical (unpaired) electrons. The van der Waals surface area contributed by atoms with E-state index in [4.69, 9.17) is 0 Å². The van der Waals surface area contributed by atoms with Crippen molar-refractivity contribution in [2.45, 2.75) is 38.0 Å². The van der Waals surface area contributed by atoms with Crippen LogP contribution in [0, 0.1) is 5.82 Å². The first-order chi connectivity index (χ1) is 9.98. The summed E-state index contributed by atoms with van der Waals surface area (Å²) in [4.78, 5) is 12.7. The lowest BCUT2D eigenvalue weighted by Crippen LogP contribution is -2.32. The van der Waals surface area contributed by atoms with Gasteiger partial charge in [0, 0.05) is 11.8 Å². The first-order valence-corrected chi connectivity index (χ1v) is 7.35. The fourth-order valence-electron chi connectivity index (χ4n) is 3.05. The normalized spacial score (nSPS) is 17.0. The molecule has 0 N–H and O–H groups in total. The Bertz CT molecular complexity index is 670. The van der Waals surface area contributed by atoms with Crippen molar-refractivity contribution >= 4 is 5.78 Å². The van der Waals surface area contributed by atoms with Gasteiger partial charge in [0.25, 0.3) is 0 Å². The van der Waals surface area contributed by atoms with Crippen LogP contribution in [0.15, 0.2) is 48.5 Å². The van der Waals surface area contributed by atoms with Crippen LogP contribution in [0.25, 0.3) is 0 Å². The van der Waals surface area contributed by atoms with E-state index in [1.54, 1.807) is 12.1 Å². The number of benzene rings is 2. The molecule has 0 aliphatic heterocycles. The zero-order valence-corrected chi connectivity index (χ0v) is 12.4. The first-order valence-electron chi connectivity index (χ1n) is 7.35. The lowest BCUT2D eigenvalue weighted by Gasteiger charge is -2.33. The van der Waals surface area contributed by atoms with Crippen molar-refractivity contribution < 1.29 is 9.18 Å². The minimum absolute atomic E-state index is 0.216. The van der Waals surface area contributed by atoms with E-state index in [1.165, 1.54) is 23.3 Å². The molecule has 0 spiro atoms. The van der Waals surface area contributed by atoms with Gasteiger partial charge in [0.2, 0.25) is 0 Å². The number of hydrogen-bond donors (Lipinski definition) is 0. The third-order valence-electron chi connectivity index (χ3n) is 4.66. The molecule has 0 bridgehead atoms. The van der Waals surface area contributed by atoms with E-state index in [0.717, 1.165) is 12.0 Å². The van der Waals surface area contributed by atoms with Gasteiger partial charge in [0.15, 0.2) is 0 Å². The van der Waals surface area contributed by atoms with E-state index in [9.17, 15) is 9.18 Å². The second-order valence-corrected chi connectivity index (χ2v) is 6.36. The molecule has 0 amide bonds. The molecule has 2 aromatic carbocycles. The summed E-state index contributed by atoms with van der Waals surface area (Å²) in [6.45, 7) is 3.85. The van der Waals surface area contributed by atoms with E-state index in [1.807, 2.05) is 26.0 Å². The fraction of sp³-hybridized carbons (Fsp3) is 0.316. The zero-order chi connectivity index (χ0) is 15.0. The summed E-state index contributed by atoms with van der Waals surface area (Å²) >= 11 is 0. The van der Waals surface area contributed by atoms with E-state index >= 15 is 0 Å². The summed E-state index contributed by atoms with van der Waals surface area (Å²) in [5.41, 5.74) is 2.97. The molecule has 1 atom stereocenters. The number of Topliss-reactive ketones (excluding diaryl/α,β-unsaturated/α-hetero) is 1. The molecule has 3 rings (SSSR count). The largest absolute Gasteiger partial charge is 0.299 e.